The highest BCUT2D eigenvalue weighted by Crippen LogP contribution is 2.14. The van der Waals surface area contributed by atoms with Gasteiger partial charge in [-0.3, -0.25) is 0 Å². The Morgan fingerprint density at radius 1 is 1.28 bits per heavy atom. The third-order valence-electron chi connectivity index (χ3n) is 2.80. The van der Waals surface area contributed by atoms with Crippen molar-refractivity contribution in [2.75, 3.05) is 18.4 Å². The fourth-order valence-electron chi connectivity index (χ4n) is 2.08. The summed E-state index contributed by atoms with van der Waals surface area (Å²) >= 11 is 0. The molecule has 2 amide bonds. The minimum absolute atomic E-state index is 0.0349. The van der Waals surface area contributed by atoms with Gasteiger partial charge < -0.3 is 15.0 Å². The van der Waals surface area contributed by atoms with E-state index in [-0.39, 0.29) is 24.1 Å². The lowest BCUT2D eigenvalue weighted by Crippen LogP contribution is -2.49. The van der Waals surface area contributed by atoms with Crippen LogP contribution < -0.4 is 5.32 Å². The first-order valence-electron chi connectivity index (χ1n) is 6.01. The summed E-state index contributed by atoms with van der Waals surface area (Å²) in [6, 6.07) is 5.55. The van der Waals surface area contributed by atoms with Crippen LogP contribution in [0.25, 0.3) is 0 Å². The van der Waals surface area contributed by atoms with Crippen LogP contribution in [0, 0.1) is 5.82 Å². The van der Waals surface area contributed by atoms with Crippen molar-refractivity contribution in [1.82, 2.24) is 4.90 Å². The van der Waals surface area contributed by atoms with E-state index in [1.165, 1.54) is 12.1 Å². The molecule has 0 spiro atoms. The van der Waals surface area contributed by atoms with Gasteiger partial charge in [0, 0.05) is 18.8 Å². The zero-order valence-corrected chi connectivity index (χ0v) is 10.5. The number of nitrogens with one attached hydrogen (secondary N) is 1. The van der Waals surface area contributed by atoms with Gasteiger partial charge in [-0.1, -0.05) is 0 Å². The lowest BCUT2D eigenvalue weighted by atomic mass is 10.2. The van der Waals surface area contributed by atoms with E-state index in [4.69, 9.17) is 4.74 Å². The van der Waals surface area contributed by atoms with E-state index in [1.54, 1.807) is 17.0 Å². The van der Waals surface area contributed by atoms with E-state index >= 15 is 0 Å². The Hall–Kier alpha value is -1.62. The fraction of sp³-hybridized carbons (Fsp3) is 0.462. The molecule has 1 aromatic carbocycles. The monoisotopic (exact) mass is 252 g/mol. The van der Waals surface area contributed by atoms with E-state index in [0.717, 1.165) is 0 Å². The minimum atomic E-state index is -0.318. The highest BCUT2D eigenvalue weighted by atomic mass is 19.1. The van der Waals surface area contributed by atoms with Crippen molar-refractivity contribution in [3.8, 4) is 0 Å². The molecule has 0 radical (unpaired) electrons. The van der Waals surface area contributed by atoms with Gasteiger partial charge in [-0.25, -0.2) is 9.18 Å². The molecule has 2 rings (SSSR count). The summed E-state index contributed by atoms with van der Waals surface area (Å²) in [7, 11) is 0. The Balaban J connectivity index is 1.97. The lowest BCUT2D eigenvalue weighted by molar-refractivity contribution is -0.0530. The third kappa shape index (κ3) is 3.20. The number of rotatable bonds is 1. The molecule has 4 nitrogen and oxygen atoms in total. The summed E-state index contributed by atoms with van der Waals surface area (Å²) < 4.78 is 18.3. The van der Waals surface area contributed by atoms with Crippen LogP contribution in [0.15, 0.2) is 24.3 Å². The lowest BCUT2D eigenvalue weighted by Gasteiger charge is -2.35. The summed E-state index contributed by atoms with van der Waals surface area (Å²) in [6.07, 6.45) is 0.0698. The molecule has 18 heavy (non-hydrogen) atoms. The van der Waals surface area contributed by atoms with Gasteiger partial charge in [0.1, 0.15) is 5.82 Å². The average molecular weight is 252 g/mol. The van der Waals surface area contributed by atoms with E-state index in [2.05, 4.69) is 5.32 Å². The van der Waals surface area contributed by atoms with E-state index in [0.29, 0.717) is 18.8 Å². The first kappa shape index (κ1) is 12.8. The van der Waals surface area contributed by atoms with Crippen molar-refractivity contribution in [3.05, 3.63) is 30.1 Å². The number of urea groups is 1. The van der Waals surface area contributed by atoms with Gasteiger partial charge in [0.25, 0.3) is 0 Å². The highest BCUT2D eigenvalue weighted by Gasteiger charge is 2.25. The van der Waals surface area contributed by atoms with Gasteiger partial charge in [0.05, 0.1) is 12.2 Å². The molecule has 0 aromatic heterocycles. The fourth-order valence-corrected chi connectivity index (χ4v) is 2.08. The Morgan fingerprint density at radius 2 is 1.83 bits per heavy atom. The Morgan fingerprint density at radius 3 is 2.39 bits per heavy atom. The summed E-state index contributed by atoms with van der Waals surface area (Å²) in [5, 5.41) is 2.74. The molecule has 1 aliphatic heterocycles. The number of hydrogen-bond donors (Lipinski definition) is 1. The number of amides is 2. The van der Waals surface area contributed by atoms with Crippen molar-refractivity contribution in [1.29, 1.82) is 0 Å². The van der Waals surface area contributed by atoms with Crippen LogP contribution in [0.3, 0.4) is 0 Å². The smallest absolute Gasteiger partial charge is 0.322 e. The molecule has 1 fully saturated rings. The number of carbonyl (C=O) groups excluding carboxylic acids is 1. The van der Waals surface area contributed by atoms with Gasteiger partial charge in [-0.2, -0.15) is 0 Å². The second-order valence-electron chi connectivity index (χ2n) is 4.60. The second kappa shape index (κ2) is 5.35. The SMILES string of the molecule is CC1CN(C(=O)Nc2ccc(F)cc2)CC(C)O1. The zero-order valence-electron chi connectivity index (χ0n) is 10.5. The van der Waals surface area contributed by atoms with Crippen LogP contribution in [0.2, 0.25) is 0 Å². The van der Waals surface area contributed by atoms with Gasteiger partial charge in [0.15, 0.2) is 0 Å². The summed E-state index contributed by atoms with van der Waals surface area (Å²) in [5.41, 5.74) is 0.591. The average Bonchev–Trinajstić information content (AvgIpc) is 2.31. The van der Waals surface area contributed by atoms with Gasteiger partial charge in [-0.15, -0.1) is 0 Å². The molecule has 2 unspecified atom stereocenters. The maximum Gasteiger partial charge on any atom is 0.322 e. The minimum Gasteiger partial charge on any atom is -0.372 e. The first-order valence-corrected chi connectivity index (χ1v) is 6.01. The van der Waals surface area contributed by atoms with Crippen molar-refractivity contribution < 1.29 is 13.9 Å². The number of nitrogens with zero attached hydrogens (tertiary/aromatic N) is 1. The molecule has 0 saturated carbocycles. The predicted octanol–water partition coefficient (Wildman–Crippen LogP) is 2.47. The zero-order chi connectivity index (χ0) is 13.1. The quantitative estimate of drug-likeness (QED) is 0.834. The van der Waals surface area contributed by atoms with Crippen LogP contribution in [0.4, 0.5) is 14.9 Å². The number of hydrogen-bond acceptors (Lipinski definition) is 2. The van der Waals surface area contributed by atoms with E-state index < -0.39 is 0 Å². The topological polar surface area (TPSA) is 41.6 Å². The Bertz CT molecular complexity index is 412. The van der Waals surface area contributed by atoms with Crippen LogP contribution in [0.5, 0.6) is 0 Å². The summed E-state index contributed by atoms with van der Waals surface area (Å²) in [5.74, 6) is -0.318. The Kier molecular flexibility index (Phi) is 3.81. The molecule has 0 aliphatic carbocycles. The van der Waals surface area contributed by atoms with Crippen LogP contribution in [0.1, 0.15) is 13.8 Å². The number of carbonyl (C=O) groups is 1. The maximum atomic E-state index is 12.7. The van der Waals surface area contributed by atoms with Crippen LogP contribution in [-0.2, 0) is 4.74 Å². The normalized spacial score (nSPS) is 23.8. The van der Waals surface area contributed by atoms with Crippen molar-refractivity contribution >= 4 is 11.7 Å². The predicted molar refractivity (Wildman–Crippen MR) is 67.0 cm³/mol. The van der Waals surface area contributed by atoms with E-state index in [9.17, 15) is 9.18 Å². The molecule has 1 aromatic rings. The third-order valence-corrected chi connectivity index (χ3v) is 2.80. The van der Waals surface area contributed by atoms with Crippen LogP contribution >= 0.6 is 0 Å². The first-order chi connectivity index (χ1) is 8.54. The van der Waals surface area contributed by atoms with Crippen LogP contribution in [-0.4, -0.2) is 36.2 Å². The second-order valence-corrected chi connectivity index (χ2v) is 4.60. The molecule has 0 bridgehead atoms. The number of ether oxygens (including phenoxy) is 1. The summed E-state index contributed by atoms with van der Waals surface area (Å²) in [4.78, 5) is 13.7. The molecule has 5 heteroatoms. The van der Waals surface area contributed by atoms with Crippen molar-refractivity contribution in [2.45, 2.75) is 26.1 Å². The molecule has 1 heterocycles. The molecular weight excluding hydrogens is 235 g/mol. The number of halogens is 1. The van der Waals surface area contributed by atoms with Gasteiger partial charge in [0.2, 0.25) is 0 Å². The molecule has 1 saturated heterocycles. The number of morpholine rings is 1. The Labute approximate surface area is 106 Å². The number of benzene rings is 1. The largest absolute Gasteiger partial charge is 0.372 e. The van der Waals surface area contributed by atoms with Crippen molar-refractivity contribution in [2.24, 2.45) is 0 Å². The molecule has 1 aliphatic rings. The molecule has 98 valence electrons. The maximum absolute atomic E-state index is 12.7. The molecule has 1 N–H and O–H groups in total. The molecular formula is C13H17FN2O2. The van der Waals surface area contributed by atoms with Crippen molar-refractivity contribution in [3.63, 3.8) is 0 Å². The molecule has 2 atom stereocenters. The van der Waals surface area contributed by atoms with Gasteiger partial charge >= 0.3 is 6.03 Å². The standard InChI is InChI=1S/C13H17FN2O2/c1-9-7-16(8-10(2)18-9)13(17)15-12-5-3-11(14)4-6-12/h3-6,9-10H,7-8H2,1-2H3,(H,15,17). The highest BCUT2D eigenvalue weighted by molar-refractivity contribution is 5.89. The summed E-state index contributed by atoms with van der Waals surface area (Å²) in [6.45, 7) is 5.01. The van der Waals surface area contributed by atoms with Gasteiger partial charge in [-0.05, 0) is 38.1 Å². The number of anilines is 1. The van der Waals surface area contributed by atoms with E-state index in [1.807, 2.05) is 13.8 Å².